The zero-order chi connectivity index (χ0) is 18.3. The number of hydrogen-bond donors (Lipinski definition) is 2. The summed E-state index contributed by atoms with van der Waals surface area (Å²) in [5, 5.41) is 10.5. The molecule has 0 saturated heterocycles. The molecule has 26 heavy (non-hydrogen) atoms. The van der Waals surface area contributed by atoms with E-state index in [0.29, 0.717) is 17.5 Å². The largest absolute Gasteiger partial charge is 0.390 e. The Bertz CT molecular complexity index is 825. The molecule has 0 atom stereocenters. The van der Waals surface area contributed by atoms with Gasteiger partial charge in [0.15, 0.2) is 5.82 Å². The molecule has 0 spiro atoms. The number of nitrogens with one attached hydrogen (secondary N) is 2. The fourth-order valence-electron chi connectivity index (χ4n) is 3.59. The second kappa shape index (κ2) is 6.89. The van der Waals surface area contributed by atoms with Crippen molar-refractivity contribution in [1.82, 2.24) is 20.8 Å². The molecule has 1 aliphatic carbocycles. The van der Waals surface area contributed by atoms with E-state index in [1.807, 2.05) is 12.3 Å². The van der Waals surface area contributed by atoms with Crippen molar-refractivity contribution in [3.05, 3.63) is 48.6 Å². The number of fused-ring (bicyclic) bond motifs is 1. The van der Waals surface area contributed by atoms with Gasteiger partial charge >= 0.3 is 0 Å². The van der Waals surface area contributed by atoms with Gasteiger partial charge in [-0.3, -0.25) is 0 Å². The van der Waals surface area contributed by atoms with Crippen molar-refractivity contribution in [1.29, 1.82) is 0 Å². The van der Waals surface area contributed by atoms with Crippen molar-refractivity contribution in [2.75, 3.05) is 11.7 Å². The van der Waals surface area contributed by atoms with Crippen molar-refractivity contribution in [3.63, 3.8) is 0 Å². The van der Waals surface area contributed by atoms with Crippen LogP contribution < -0.4 is 16.0 Å². The molecular weight excluding hydrogens is 333 g/mol. The maximum Gasteiger partial charge on any atom is 0.151 e. The summed E-state index contributed by atoms with van der Waals surface area (Å²) in [5.74, 6) is 1.13. The smallest absolute Gasteiger partial charge is 0.151 e. The molecule has 1 fully saturated rings. The number of nitrogens with zero attached hydrogens (tertiary/aromatic N) is 3. The molecule has 0 amide bonds. The van der Waals surface area contributed by atoms with Crippen LogP contribution >= 0.6 is 0 Å². The molecule has 2 aliphatic rings. The third-order valence-electron chi connectivity index (χ3n) is 5.07. The zero-order valence-corrected chi connectivity index (χ0v) is 15.2. The molecule has 1 radical (unpaired) electrons. The van der Waals surface area contributed by atoms with E-state index in [-0.39, 0.29) is 11.7 Å². The van der Waals surface area contributed by atoms with Gasteiger partial charge in [0.2, 0.25) is 0 Å². The van der Waals surface area contributed by atoms with Crippen molar-refractivity contribution in [3.8, 4) is 0 Å². The highest BCUT2D eigenvalue weighted by Gasteiger charge is 2.36. The van der Waals surface area contributed by atoms with Crippen molar-refractivity contribution >= 4 is 10.9 Å². The number of halogens is 1. The molecule has 1 aromatic heterocycles. The molecule has 6 nitrogen and oxygen atoms in total. The van der Waals surface area contributed by atoms with E-state index < -0.39 is 0 Å². The Kier molecular flexibility index (Phi) is 4.58. The predicted molar refractivity (Wildman–Crippen MR) is 98.8 cm³/mol. The lowest BCUT2D eigenvalue weighted by Gasteiger charge is -2.35. The van der Waals surface area contributed by atoms with Crippen LogP contribution in [0.5, 0.6) is 0 Å². The van der Waals surface area contributed by atoms with E-state index in [1.165, 1.54) is 6.07 Å². The molecule has 2 N–H and O–H groups in total. The highest BCUT2D eigenvalue weighted by atomic mass is 19.1. The van der Waals surface area contributed by atoms with Crippen molar-refractivity contribution in [2.45, 2.75) is 45.1 Å². The molecule has 0 bridgehead atoms. The number of rotatable bonds is 6. The summed E-state index contributed by atoms with van der Waals surface area (Å²) in [6.45, 7) is 8.90. The SMILES string of the molecule is [CH2]CCNC1CC(C2=CN(n3nc(C(C)C)c4cccc(F)c43)NO2)C1. The van der Waals surface area contributed by atoms with Crippen LogP contribution in [-0.2, 0) is 4.84 Å². The number of aromatic nitrogens is 2. The van der Waals surface area contributed by atoms with Gasteiger partial charge < -0.3 is 10.2 Å². The van der Waals surface area contributed by atoms with Gasteiger partial charge in [-0.25, -0.2) is 4.39 Å². The van der Waals surface area contributed by atoms with Crippen LogP contribution in [0.1, 0.15) is 44.7 Å². The molecule has 1 aliphatic heterocycles. The Labute approximate surface area is 152 Å². The molecule has 4 rings (SSSR count). The second-order valence-corrected chi connectivity index (χ2v) is 7.31. The van der Waals surface area contributed by atoms with Crippen molar-refractivity contribution in [2.24, 2.45) is 5.92 Å². The Morgan fingerprint density at radius 3 is 2.96 bits per heavy atom. The molecular formula is C19H25FN5O. The molecule has 1 aromatic carbocycles. The van der Waals surface area contributed by atoms with Gasteiger partial charge in [-0.1, -0.05) is 32.9 Å². The molecule has 2 aromatic rings. The third kappa shape index (κ3) is 2.95. The van der Waals surface area contributed by atoms with Crippen molar-refractivity contribution < 1.29 is 9.23 Å². The number of benzene rings is 1. The molecule has 7 heteroatoms. The fraction of sp³-hybridized carbons (Fsp3) is 0.474. The lowest BCUT2D eigenvalue weighted by atomic mass is 9.79. The Balaban J connectivity index is 1.57. The average Bonchev–Trinajstić information content (AvgIpc) is 3.18. The van der Waals surface area contributed by atoms with Gasteiger partial charge in [0.05, 0.1) is 11.9 Å². The molecule has 1 saturated carbocycles. The maximum absolute atomic E-state index is 14.5. The summed E-state index contributed by atoms with van der Waals surface area (Å²) in [5.41, 5.74) is 4.16. The lowest BCUT2D eigenvalue weighted by molar-refractivity contribution is 0.0671. The summed E-state index contributed by atoms with van der Waals surface area (Å²) >= 11 is 0. The van der Waals surface area contributed by atoms with Crippen LogP contribution in [0.4, 0.5) is 4.39 Å². The van der Waals surface area contributed by atoms with Crippen LogP contribution in [0.3, 0.4) is 0 Å². The standard InChI is InChI=1S/C19H25FN5O/c1-4-8-21-14-9-13(10-14)17-11-24(23-26-17)25-19-15(6-5-7-16(19)20)18(22-25)12(2)3/h5-7,11-14,21,23H,1,4,8-10H2,2-3H3. The van der Waals surface area contributed by atoms with E-state index in [2.05, 4.69) is 36.8 Å². The summed E-state index contributed by atoms with van der Waals surface area (Å²) in [4.78, 5) is 7.19. The summed E-state index contributed by atoms with van der Waals surface area (Å²) in [7, 11) is 0. The van der Waals surface area contributed by atoms with Crippen LogP contribution in [0, 0.1) is 18.7 Å². The topological polar surface area (TPSA) is 54.4 Å². The molecule has 0 unspecified atom stereocenters. The predicted octanol–water partition coefficient (Wildman–Crippen LogP) is 3.12. The third-order valence-corrected chi connectivity index (χ3v) is 5.07. The fourth-order valence-corrected chi connectivity index (χ4v) is 3.59. The Morgan fingerprint density at radius 2 is 2.23 bits per heavy atom. The Morgan fingerprint density at radius 1 is 1.42 bits per heavy atom. The molecule has 2 heterocycles. The van der Waals surface area contributed by atoms with Gasteiger partial charge in [-0.2, -0.15) is 15.0 Å². The summed E-state index contributed by atoms with van der Waals surface area (Å²) in [6, 6.07) is 5.61. The van der Waals surface area contributed by atoms with Gasteiger partial charge in [-0.15, -0.1) is 0 Å². The number of para-hydroxylation sites is 1. The second-order valence-electron chi connectivity index (χ2n) is 7.31. The highest BCUT2D eigenvalue weighted by Crippen LogP contribution is 2.36. The number of hydrogen-bond acceptors (Lipinski definition) is 5. The number of hydrazine groups is 1. The lowest BCUT2D eigenvalue weighted by Crippen LogP contribution is -2.42. The summed E-state index contributed by atoms with van der Waals surface area (Å²) in [6.07, 6.45) is 4.83. The first-order valence-corrected chi connectivity index (χ1v) is 9.22. The molecule has 139 valence electrons. The quantitative estimate of drug-likeness (QED) is 0.831. The highest BCUT2D eigenvalue weighted by molar-refractivity contribution is 5.83. The van der Waals surface area contributed by atoms with E-state index in [4.69, 9.17) is 4.84 Å². The first kappa shape index (κ1) is 17.3. The van der Waals surface area contributed by atoms with Crippen LogP contribution in [0.25, 0.3) is 10.9 Å². The van der Waals surface area contributed by atoms with Gasteiger partial charge in [0.1, 0.15) is 11.3 Å². The van der Waals surface area contributed by atoms with E-state index >= 15 is 0 Å². The zero-order valence-electron chi connectivity index (χ0n) is 15.2. The van der Waals surface area contributed by atoms with Crippen LogP contribution in [-0.4, -0.2) is 22.5 Å². The minimum Gasteiger partial charge on any atom is -0.390 e. The minimum absolute atomic E-state index is 0.194. The first-order chi connectivity index (χ1) is 12.6. The number of allylic oxidation sites excluding steroid dienone is 1. The monoisotopic (exact) mass is 358 g/mol. The van der Waals surface area contributed by atoms with E-state index in [0.717, 1.165) is 42.6 Å². The minimum atomic E-state index is -0.299. The van der Waals surface area contributed by atoms with E-state index in [9.17, 15) is 4.39 Å². The maximum atomic E-state index is 14.5. The summed E-state index contributed by atoms with van der Waals surface area (Å²) < 4.78 is 14.5. The Hall–Kier alpha value is -2.12. The van der Waals surface area contributed by atoms with Gasteiger partial charge in [0, 0.05) is 17.3 Å². The average molecular weight is 358 g/mol. The normalized spacial score (nSPS) is 22.7. The first-order valence-electron chi connectivity index (χ1n) is 9.22. The van der Waals surface area contributed by atoms with Crippen LogP contribution in [0.2, 0.25) is 0 Å². The van der Waals surface area contributed by atoms with Crippen LogP contribution in [0.15, 0.2) is 30.2 Å². The van der Waals surface area contributed by atoms with E-state index in [1.54, 1.807) is 16.0 Å². The van der Waals surface area contributed by atoms with Gasteiger partial charge in [-0.05, 0) is 43.4 Å². The van der Waals surface area contributed by atoms with Gasteiger partial charge in [0.25, 0.3) is 0 Å².